The van der Waals surface area contributed by atoms with Gasteiger partial charge >= 0.3 is 5.97 Å². The van der Waals surface area contributed by atoms with Crippen LogP contribution in [0.5, 0.6) is 0 Å². The van der Waals surface area contributed by atoms with Gasteiger partial charge in [0.25, 0.3) is 0 Å². The Labute approximate surface area is 167 Å². The van der Waals surface area contributed by atoms with Gasteiger partial charge in [-0.05, 0) is 26.0 Å². The first-order valence-electron chi connectivity index (χ1n) is 8.56. The van der Waals surface area contributed by atoms with Gasteiger partial charge in [-0.25, -0.2) is 14.2 Å². The smallest absolute Gasteiger partial charge is 0.340 e. The number of ether oxygens (including phenoxy) is 1. The molecule has 0 aliphatic heterocycles. The predicted octanol–water partition coefficient (Wildman–Crippen LogP) is 3.33. The van der Waals surface area contributed by atoms with Gasteiger partial charge in [0.1, 0.15) is 16.9 Å². The lowest BCUT2D eigenvalue weighted by atomic mass is 10.1. The lowest BCUT2D eigenvalue weighted by molar-refractivity contribution is -0.127. The first-order valence-corrected chi connectivity index (χ1v) is 9.55. The highest BCUT2D eigenvalue weighted by Crippen LogP contribution is 2.24. The molecule has 2 aromatic rings. The SMILES string of the molecule is CCOC(=O)c1cc(C#N)c(SCC(=O)N(C)Cc2ccccc2F)nc1C. The van der Waals surface area contributed by atoms with E-state index in [2.05, 4.69) is 4.98 Å². The van der Waals surface area contributed by atoms with Crippen LogP contribution in [0, 0.1) is 24.1 Å². The molecule has 2 rings (SSSR count). The van der Waals surface area contributed by atoms with Crippen LogP contribution >= 0.6 is 11.8 Å². The molecule has 1 aromatic carbocycles. The van der Waals surface area contributed by atoms with Gasteiger partial charge in [-0.2, -0.15) is 5.26 Å². The number of aryl methyl sites for hydroxylation is 1. The molecule has 0 unspecified atom stereocenters. The molecule has 0 aliphatic rings. The Hall–Kier alpha value is -2.92. The second-order valence-electron chi connectivity index (χ2n) is 5.94. The molecule has 0 saturated carbocycles. The van der Waals surface area contributed by atoms with Gasteiger partial charge in [-0.3, -0.25) is 4.79 Å². The molecule has 146 valence electrons. The Balaban J connectivity index is 2.08. The number of amides is 1. The molecule has 0 bridgehead atoms. The van der Waals surface area contributed by atoms with Crippen molar-refractivity contribution in [1.29, 1.82) is 5.26 Å². The molecule has 1 aromatic heterocycles. The van der Waals surface area contributed by atoms with E-state index in [1.54, 1.807) is 39.1 Å². The van der Waals surface area contributed by atoms with Crippen LogP contribution in [0.3, 0.4) is 0 Å². The molecule has 1 heterocycles. The molecular weight excluding hydrogens is 381 g/mol. The zero-order valence-corrected chi connectivity index (χ0v) is 16.7. The average molecular weight is 401 g/mol. The fourth-order valence-electron chi connectivity index (χ4n) is 2.40. The van der Waals surface area contributed by atoms with Crippen molar-refractivity contribution in [3.8, 4) is 6.07 Å². The third-order valence-corrected chi connectivity index (χ3v) is 4.89. The van der Waals surface area contributed by atoms with Gasteiger partial charge < -0.3 is 9.64 Å². The topological polar surface area (TPSA) is 83.3 Å². The van der Waals surface area contributed by atoms with Crippen molar-refractivity contribution in [1.82, 2.24) is 9.88 Å². The average Bonchev–Trinajstić information content (AvgIpc) is 2.67. The minimum Gasteiger partial charge on any atom is -0.462 e. The number of pyridine rings is 1. The van der Waals surface area contributed by atoms with E-state index >= 15 is 0 Å². The van der Waals surface area contributed by atoms with Crippen LogP contribution in [0.4, 0.5) is 4.39 Å². The quantitative estimate of drug-likeness (QED) is 0.523. The van der Waals surface area contributed by atoms with E-state index in [4.69, 9.17) is 4.74 Å². The Bertz CT molecular complexity index is 927. The Morgan fingerprint density at radius 3 is 2.71 bits per heavy atom. The van der Waals surface area contributed by atoms with E-state index in [9.17, 15) is 19.2 Å². The van der Waals surface area contributed by atoms with Gasteiger partial charge in [0, 0.05) is 19.2 Å². The monoisotopic (exact) mass is 401 g/mol. The molecule has 0 spiro atoms. The summed E-state index contributed by atoms with van der Waals surface area (Å²) in [4.78, 5) is 30.0. The van der Waals surface area contributed by atoms with Crippen molar-refractivity contribution in [2.75, 3.05) is 19.4 Å². The minimum atomic E-state index is -0.541. The third-order valence-electron chi connectivity index (χ3n) is 3.92. The molecule has 0 aliphatic carbocycles. The number of nitriles is 1. The number of benzene rings is 1. The van der Waals surface area contributed by atoms with Crippen molar-refractivity contribution in [2.45, 2.75) is 25.4 Å². The summed E-state index contributed by atoms with van der Waals surface area (Å²) >= 11 is 1.10. The van der Waals surface area contributed by atoms with Crippen LogP contribution in [-0.4, -0.2) is 41.2 Å². The van der Waals surface area contributed by atoms with Crippen LogP contribution in [0.1, 0.15) is 34.1 Å². The maximum Gasteiger partial charge on any atom is 0.340 e. The van der Waals surface area contributed by atoms with E-state index < -0.39 is 5.97 Å². The summed E-state index contributed by atoms with van der Waals surface area (Å²) in [5.74, 6) is -1.11. The summed E-state index contributed by atoms with van der Waals surface area (Å²) in [7, 11) is 1.59. The standard InChI is InChI=1S/C20H20FN3O3S/c1-4-27-20(26)16-9-15(10-22)19(23-13(16)2)28-12-18(25)24(3)11-14-7-5-6-8-17(14)21/h5-9H,4,11-12H2,1-3H3. The molecule has 0 atom stereocenters. The molecule has 1 amide bonds. The van der Waals surface area contributed by atoms with Gasteiger partial charge in [-0.15, -0.1) is 0 Å². The second-order valence-corrected chi connectivity index (χ2v) is 6.90. The summed E-state index contributed by atoms with van der Waals surface area (Å²) in [5, 5.41) is 9.71. The zero-order valence-electron chi connectivity index (χ0n) is 15.9. The fourth-order valence-corrected chi connectivity index (χ4v) is 3.34. The number of hydrogen-bond acceptors (Lipinski definition) is 6. The van der Waals surface area contributed by atoms with Crippen molar-refractivity contribution in [2.24, 2.45) is 0 Å². The number of carbonyl (C=O) groups excluding carboxylic acids is 2. The summed E-state index contributed by atoms with van der Waals surface area (Å²) in [6.07, 6.45) is 0. The van der Waals surface area contributed by atoms with Crippen LogP contribution in [0.2, 0.25) is 0 Å². The number of thioether (sulfide) groups is 1. The predicted molar refractivity (Wildman–Crippen MR) is 103 cm³/mol. The molecule has 8 heteroatoms. The largest absolute Gasteiger partial charge is 0.462 e. The third kappa shape index (κ3) is 5.30. The minimum absolute atomic E-state index is 0.0326. The molecule has 0 fully saturated rings. The van der Waals surface area contributed by atoms with E-state index in [1.807, 2.05) is 6.07 Å². The molecular formula is C20H20FN3O3S. The summed E-state index contributed by atoms with van der Waals surface area (Å²) in [5.41, 5.74) is 1.27. The normalized spacial score (nSPS) is 10.2. The number of carbonyl (C=O) groups is 2. The van der Waals surface area contributed by atoms with Crippen molar-refractivity contribution in [3.05, 3.63) is 58.5 Å². The van der Waals surface area contributed by atoms with Crippen molar-refractivity contribution >= 4 is 23.6 Å². The van der Waals surface area contributed by atoms with Gasteiger partial charge in [0.15, 0.2) is 0 Å². The Morgan fingerprint density at radius 2 is 2.07 bits per heavy atom. The van der Waals surface area contributed by atoms with Crippen molar-refractivity contribution < 1.29 is 18.7 Å². The maximum atomic E-state index is 13.7. The van der Waals surface area contributed by atoms with Gasteiger partial charge in [0.05, 0.1) is 29.2 Å². The lowest BCUT2D eigenvalue weighted by Gasteiger charge is -2.17. The number of esters is 1. The lowest BCUT2D eigenvalue weighted by Crippen LogP contribution is -2.28. The number of hydrogen-bond donors (Lipinski definition) is 0. The number of rotatable bonds is 7. The summed E-state index contributed by atoms with van der Waals surface area (Å²) in [6.45, 7) is 3.70. The molecule has 0 N–H and O–H groups in total. The number of halogens is 1. The number of nitrogens with zero attached hydrogens (tertiary/aromatic N) is 3. The van der Waals surface area contributed by atoms with Crippen LogP contribution in [0.15, 0.2) is 35.4 Å². The molecule has 0 saturated heterocycles. The Kier molecular flexibility index (Phi) is 7.52. The van der Waals surface area contributed by atoms with Crippen LogP contribution in [0.25, 0.3) is 0 Å². The van der Waals surface area contributed by atoms with Crippen molar-refractivity contribution in [3.63, 3.8) is 0 Å². The Morgan fingerprint density at radius 1 is 1.36 bits per heavy atom. The summed E-state index contributed by atoms with van der Waals surface area (Å²) in [6, 6.07) is 9.69. The second kappa shape index (κ2) is 9.85. The highest BCUT2D eigenvalue weighted by atomic mass is 32.2. The van der Waals surface area contributed by atoms with Gasteiger partial charge in [0.2, 0.25) is 5.91 Å². The maximum absolute atomic E-state index is 13.7. The van der Waals surface area contributed by atoms with Crippen LogP contribution in [-0.2, 0) is 16.1 Å². The van der Waals surface area contributed by atoms with Gasteiger partial charge in [-0.1, -0.05) is 30.0 Å². The van der Waals surface area contributed by atoms with E-state index in [-0.39, 0.29) is 41.8 Å². The van der Waals surface area contributed by atoms with E-state index in [0.29, 0.717) is 16.3 Å². The fraction of sp³-hybridized carbons (Fsp3) is 0.300. The zero-order chi connectivity index (χ0) is 20.7. The summed E-state index contributed by atoms with van der Waals surface area (Å²) < 4.78 is 18.7. The first-order chi connectivity index (χ1) is 13.4. The highest BCUT2D eigenvalue weighted by molar-refractivity contribution is 7.99. The number of aromatic nitrogens is 1. The van der Waals surface area contributed by atoms with E-state index in [1.165, 1.54) is 17.0 Å². The first kappa shape index (κ1) is 21.4. The van der Waals surface area contributed by atoms with Crippen LogP contribution < -0.4 is 0 Å². The molecule has 6 nitrogen and oxygen atoms in total. The van der Waals surface area contributed by atoms with E-state index in [0.717, 1.165) is 11.8 Å². The molecule has 28 heavy (non-hydrogen) atoms. The molecule has 0 radical (unpaired) electrons. The highest BCUT2D eigenvalue weighted by Gasteiger charge is 2.18.